The Morgan fingerprint density at radius 1 is 0.889 bits per heavy atom. The van der Waals surface area contributed by atoms with Gasteiger partial charge in [0.05, 0.1) is 0 Å². The van der Waals surface area contributed by atoms with E-state index in [2.05, 4.69) is 27.7 Å². The van der Waals surface area contributed by atoms with Crippen LogP contribution in [0.25, 0.3) is 0 Å². The van der Waals surface area contributed by atoms with Crippen LogP contribution in [0, 0.1) is 17.8 Å². The summed E-state index contributed by atoms with van der Waals surface area (Å²) in [6.45, 7) is 11.1. The van der Waals surface area contributed by atoms with Gasteiger partial charge in [-0.2, -0.15) is 0 Å². The second kappa shape index (κ2) is 14.9. The van der Waals surface area contributed by atoms with E-state index in [-0.39, 0.29) is 0 Å². The zero-order valence-electron chi connectivity index (χ0n) is 13.1. The van der Waals surface area contributed by atoms with Crippen LogP contribution < -0.4 is 17.2 Å². The van der Waals surface area contributed by atoms with Crippen LogP contribution in [-0.2, 0) is 0 Å². The van der Waals surface area contributed by atoms with E-state index in [0.717, 1.165) is 37.9 Å². The van der Waals surface area contributed by atoms with Gasteiger partial charge in [-0.3, -0.25) is 0 Å². The van der Waals surface area contributed by atoms with E-state index in [0.29, 0.717) is 5.92 Å². The Morgan fingerprint density at radius 2 is 1.33 bits per heavy atom. The summed E-state index contributed by atoms with van der Waals surface area (Å²) in [6, 6.07) is 0. The molecule has 1 saturated carbocycles. The highest BCUT2D eigenvalue weighted by atomic mass is 14.5. The van der Waals surface area contributed by atoms with Crippen LogP contribution in [0.1, 0.15) is 59.8 Å². The van der Waals surface area contributed by atoms with Crippen LogP contribution >= 0.6 is 0 Å². The molecule has 3 heteroatoms. The molecule has 0 spiro atoms. The maximum atomic E-state index is 5.43. The molecule has 18 heavy (non-hydrogen) atoms. The summed E-state index contributed by atoms with van der Waals surface area (Å²) < 4.78 is 0. The molecule has 0 aromatic rings. The zero-order chi connectivity index (χ0) is 14.4. The molecule has 112 valence electrons. The summed E-state index contributed by atoms with van der Waals surface area (Å²) in [4.78, 5) is 0. The second-order valence-electron chi connectivity index (χ2n) is 5.99. The summed E-state index contributed by atoms with van der Waals surface area (Å²) >= 11 is 0. The van der Waals surface area contributed by atoms with Gasteiger partial charge in [0.25, 0.3) is 0 Å². The molecule has 0 aromatic heterocycles. The Hall–Kier alpha value is -0.120. The van der Waals surface area contributed by atoms with Crippen LogP contribution in [0.5, 0.6) is 0 Å². The smallest absolute Gasteiger partial charge is 0.00489 e. The number of hydrogen-bond donors (Lipinski definition) is 3. The van der Waals surface area contributed by atoms with E-state index < -0.39 is 0 Å². The van der Waals surface area contributed by atoms with Crippen molar-refractivity contribution >= 4 is 0 Å². The third-order valence-corrected chi connectivity index (χ3v) is 3.02. The predicted molar refractivity (Wildman–Crippen MR) is 83.4 cm³/mol. The van der Waals surface area contributed by atoms with E-state index >= 15 is 0 Å². The van der Waals surface area contributed by atoms with E-state index in [1.54, 1.807) is 0 Å². The summed E-state index contributed by atoms with van der Waals surface area (Å²) in [5.74, 6) is 2.31. The first-order chi connectivity index (χ1) is 8.47. The molecule has 1 fully saturated rings. The molecule has 0 atom stereocenters. The van der Waals surface area contributed by atoms with Crippen molar-refractivity contribution < 1.29 is 0 Å². The zero-order valence-corrected chi connectivity index (χ0v) is 13.1. The van der Waals surface area contributed by atoms with Gasteiger partial charge in [0.15, 0.2) is 0 Å². The molecule has 0 aromatic carbocycles. The molecular formula is C15H37N3. The number of rotatable bonds is 4. The van der Waals surface area contributed by atoms with Crippen molar-refractivity contribution in [2.24, 2.45) is 35.0 Å². The quantitative estimate of drug-likeness (QED) is 0.726. The minimum absolute atomic E-state index is 0.662. The molecule has 0 bridgehead atoms. The largest absolute Gasteiger partial charge is 0.330 e. The molecule has 0 radical (unpaired) electrons. The van der Waals surface area contributed by atoms with Crippen molar-refractivity contribution in [2.75, 3.05) is 19.6 Å². The predicted octanol–water partition coefficient (Wildman–Crippen LogP) is 2.73. The van der Waals surface area contributed by atoms with Crippen LogP contribution in [-0.4, -0.2) is 19.6 Å². The Morgan fingerprint density at radius 3 is 1.44 bits per heavy atom. The molecule has 0 heterocycles. The highest BCUT2D eigenvalue weighted by Gasteiger charge is 2.11. The maximum Gasteiger partial charge on any atom is -0.00489 e. The lowest BCUT2D eigenvalue weighted by molar-refractivity contribution is 0.562. The van der Waals surface area contributed by atoms with Crippen molar-refractivity contribution in [3.63, 3.8) is 0 Å². The lowest BCUT2D eigenvalue weighted by Gasteiger charge is -1.99. The van der Waals surface area contributed by atoms with Gasteiger partial charge >= 0.3 is 0 Å². The summed E-state index contributed by atoms with van der Waals surface area (Å²) in [6.07, 6.45) is 6.76. The van der Waals surface area contributed by atoms with Gasteiger partial charge in [-0.05, 0) is 56.7 Å². The fourth-order valence-electron chi connectivity index (χ4n) is 1.58. The Balaban J connectivity index is 0. The average Bonchev–Trinajstić information content (AvgIpc) is 2.83. The average molecular weight is 259 g/mol. The highest BCUT2D eigenvalue weighted by Crippen LogP contribution is 2.22. The Labute approximate surface area is 115 Å². The Bertz CT molecular complexity index is 141. The third-order valence-electron chi connectivity index (χ3n) is 3.02. The van der Waals surface area contributed by atoms with Crippen molar-refractivity contribution in [1.82, 2.24) is 0 Å². The lowest BCUT2D eigenvalue weighted by atomic mass is 10.1. The number of nitrogens with two attached hydrogens (primary N) is 3. The van der Waals surface area contributed by atoms with E-state index in [4.69, 9.17) is 17.2 Å². The van der Waals surface area contributed by atoms with Crippen molar-refractivity contribution in [1.29, 1.82) is 0 Å². The van der Waals surface area contributed by atoms with Crippen LogP contribution in [0.4, 0.5) is 0 Å². The van der Waals surface area contributed by atoms with E-state index in [1.165, 1.54) is 25.7 Å². The lowest BCUT2D eigenvalue weighted by Crippen LogP contribution is -2.09. The third kappa shape index (κ3) is 18.3. The molecule has 0 saturated heterocycles. The first kappa shape index (κ1) is 20.2. The molecule has 0 aliphatic heterocycles. The van der Waals surface area contributed by atoms with Crippen molar-refractivity contribution in [2.45, 2.75) is 59.8 Å². The van der Waals surface area contributed by atoms with Gasteiger partial charge in [0, 0.05) is 0 Å². The van der Waals surface area contributed by atoms with Gasteiger partial charge in [-0.25, -0.2) is 0 Å². The topological polar surface area (TPSA) is 78.1 Å². The standard InChI is InChI=1S/C6H13N.C5H13N.C4H11N/c7-5-6-3-1-2-4-6;1-5(2)3-4-6;1-4(2)3-5/h6H,1-5,7H2;5H,3-4,6H2,1-2H3;4H,3,5H2,1-2H3. The van der Waals surface area contributed by atoms with Crippen LogP contribution in [0.3, 0.4) is 0 Å². The number of hydrogen-bond acceptors (Lipinski definition) is 3. The minimum atomic E-state index is 0.662. The van der Waals surface area contributed by atoms with Crippen LogP contribution in [0.15, 0.2) is 0 Å². The SMILES string of the molecule is CC(C)CCN.CC(C)CN.NCC1CCCC1. The fourth-order valence-corrected chi connectivity index (χ4v) is 1.58. The molecule has 1 aliphatic carbocycles. The van der Waals surface area contributed by atoms with E-state index in [9.17, 15) is 0 Å². The Kier molecular flexibility index (Phi) is 16.8. The maximum absolute atomic E-state index is 5.43. The monoisotopic (exact) mass is 259 g/mol. The molecule has 6 N–H and O–H groups in total. The minimum Gasteiger partial charge on any atom is -0.330 e. The van der Waals surface area contributed by atoms with E-state index in [1.807, 2.05) is 0 Å². The molecule has 1 aliphatic rings. The van der Waals surface area contributed by atoms with Gasteiger partial charge in [-0.1, -0.05) is 40.5 Å². The summed E-state index contributed by atoms with van der Waals surface area (Å²) in [5.41, 5.74) is 15.8. The van der Waals surface area contributed by atoms with Gasteiger partial charge in [-0.15, -0.1) is 0 Å². The molecule has 1 rings (SSSR count). The van der Waals surface area contributed by atoms with Gasteiger partial charge < -0.3 is 17.2 Å². The molecule has 3 nitrogen and oxygen atoms in total. The normalized spacial score (nSPS) is 15.2. The summed E-state index contributed by atoms with van der Waals surface area (Å²) in [5, 5.41) is 0. The summed E-state index contributed by atoms with van der Waals surface area (Å²) in [7, 11) is 0. The van der Waals surface area contributed by atoms with Crippen LogP contribution in [0.2, 0.25) is 0 Å². The van der Waals surface area contributed by atoms with Crippen molar-refractivity contribution in [3.05, 3.63) is 0 Å². The molecular weight excluding hydrogens is 222 g/mol. The first-order valence-corrected chi connectivity index (χ1v) is 7.58. The highest BCUT2D eigenvalue weighted by molar-refractivity contribution is 4.66. The van der Waals surface area contributed by atoms with Gasteiger partial charge in [0.2, 0.25) is 0 Å². The first-order valence-electron chi connectivity index (χ1n) is 7.58. The molecule has 0 unspecified atom stereocenters. The van der Waals surface area contributed by atoms with Crippen molar-refractivity contribution in [3.8, 4) is 0 Å². The fraction of sp³-hybridized carbons (Fsp3) is 1.00. The second-order valence-corrected chi connectivity index (χ2v) is 5.99. The van der Waals surface area contributed by atoms with Gasteiger partial charge in [0.1, 0.15) is 0 Å². The molecule has 0 amide bonds.